The number of fused-ring (bicyclic) bond motifs is 3. The third kappa shape index (κ3) is 8.20. The van der Waals surface area contributed by atoms with Crippen LogP contribution in [-0.4, -0.2) is 210 Å². The van der Waals surface area contributed by atoms with E-state index in [1.807, 2.05) is 6.92 Å². The summed E-state index contributed by atoms with van der Waals surface area (Å²) in [7, 11) is 0. The van der Waals surface area contributed by atoms with Gasteiger partial charge in [0.05, 0.1) is 43.5 Å². The van der Waals surface area contributed by atoms with E-state index in [-0.39, 0.29) is 35.7 Å². The van der Waals surface area contributed by atoms with E-state index in [2.05, 4.69) is 13.5 Å². The maximum atomic E-state index is 14.3. The van der Waals surface area contributed by atoms with Gasteiger partial charge in [-0.25, -0.2) is 0 Å². The zero-order chi connectivity index (χ0) is 46.3. The van der Waals surface area contributed by atoms with Crippen molar-refractivity contribution in [1.29, 1.82) is 0 Å². The molecule has 4 saturated heterocycles. The summed E-state index contributed by atoms with van der Waals surface area (Å²) in [5.41, 5.74) is -1.99. The minimum atomic E-state index is -1.87. The van der Waals surface area contributed by atoms with Crippen LogP contribution in [0.3, 0.4) is 0 Å². The summed E-state index contributed by atoms with van der Waals surface area (Å²) in [6.07, 6.45) is -22.3. The number of ether oxygens (including phenoxy) is 8. The van der Waals surface area contributed by atoms with E-state index in [9.17, 15) is 66.1 Å². The molecule has 0 aromatic carbocycles. The van der Waals surface area contributed by atoms with Gasteiger partial charge in [0.15, 0.2) is 18.9 Å². The normalized spacial score (nSPS) is 54.2. The van der Waals surface area contributed by atoms with E-state index < -0.39 is 147 Å². The summed E-state index contributed by atoms with van der Waals surface area (Å²) in [4.78, 5) is 14.3. The van der Waals surface area contributed by atoms with Crippen LogP contribution in [-0.2, 0) is 42.7 Å². The van der Waals surface area contributed by atoms with Crippen LogP contribution in [0.1, 0.15) is 78.1 Å². The Hall–Kier alpha value is -1.55. The third-order valence-corrected chi connectivity index (χ3v) is 16.5. The van der Waals surface area contributed by atoms with Crippen LogP contribution in [0.5, 0.6) is 0 Å². The minimum Gasteiger partial charge on any atom is -0.432 e. The molecule has 64 heavy (non-hydrogen) atoms. The second-order valence-electron chi connectivity index (χ2n) is 20.3. The molecule has 4 saturated carbocycles. The Morgan fingerprint density at radius 2 is 1.25 bits per heavy atom. The van der Waals surface area contributed by atoms with Crippen LogP contribution in [0.15, 0.2) is 12.2 Å². The van der Waals surface area contributed by atoms with Crippen LogP contribution in [0.4, 0.5) is 0 Å². The van der Waals surface area contributed by atoms with Gasteiger partial charge in [-0.2, -0.15) is 0 Å². The molecule has 8 aliphatic rings. The zero-order valence-electron chi connectivity index (χ0n) is 36.2. The van der Waals surface area contributed by atoms with E-state index in [1.54, 1.807) is 0 Å². The number of carbonyl (C=O) groups excluding carboxylic acids is 1. The molecular formula is C43H68O21. The van der Waals surface area contributed by atoms with E-state index >= 15 is 0 Å². The van der Waals surface area contributed by atoms with Gasteiger partial charge < -0.3 is 99.2 Å². The SMILES string of the molecule is C=C1C[C@@]23CC[C@H]4[C@@](C)(CCC[C@@]4(C)C(=O)O[C@@H]4O[C@H](CO)[C@@H](O)[C@H](O)[C@H]4O)[C@@H]2CC[C@]1(O[C@@H]1O[C@H](CO)[C@@H](O)[C@H](O[C@@H]2O[C@H](CO)[C@@H](O)[C@H](O)[C@H]2O)[C@H]1O[C@@H]1OC[C@@H](O)C[C@H]1O)C3. The molecule has 8 rings (SSSR count). The molecular weight excluding hydrogens is 852 g/mol. The number of esters is 1. The Morgan fingerprint density at radius 1 is 0.672 bits per heavy atom. The first kappa shape index (κ1) is 48.9. The van der Waals surface area contributed by atoms with Crippen molar-refractivity contribution in [2.75, 3.05) is 26.4 Å². The molecule has 21 nitrogen and oxygen atoms in total. The molecule has 1 spiro atoms. The maximum Gasteiger partial charge on any atom is 0.314 e. The topological polar surface area (TPSA) is 334 Å². The monoisotopic (exact) mass is 920 g/mol. The van der Waals surface area contributed by atoms with E-state index in [4.69, 9.17) is 37.9 Å². The summed E-state index contributed by atoms with van der Waals surface area (Å²) in [6.45, 7) is 6.27. The third-order valence-electron chi connectivity index (χ3n) is 16.5. The van der Waals surface area contributed by atoms with Gasteiger partial charge in [0.25, 0.3) is 0 Å². The van der Waals surface area contributed by atoms with E-state index in [1.165, 1.54) is 0 Å². The lowest BCUT2D eigenvalue weighted by atomic mass is 9.41. The number of aliphatic hydroxyl groups excluding tert-OH is 12. The zero-order valence-corrected chi connectivity index (χ0v) is 36.2. The second-order valence-corrected chi connectivity index (χ2v) is 20.3. The fourth-order valence-electron chi connectivity index (χ4n) is 13.2. The molecule has 21 heteroatoms. The van der Waals surface area contributed by atoms with Gasteiger partial charge in [0, 0.05) is 6.42 Å². The van der Waals surface area contributed by atoms with Gasteiger partial charge in [0.1, 0.15) is 79.4 Å². The average molecular weight is 921 g/mol. The predicted molar refractivity (Wildman–Crippen MR) is 212 cm³/mol. The van der Waals surface area contributed by atoms with Gasteiger partial charge in [-0.3, -0.25) is 4.79 Å². The highest BCUT2D eigenvalue weighted by Crippen LogP contribution is 2.73. The summed E-state index contributed by atoms with van der Waals surface area (Å²) in [5, 5.41) is 126. The number of aliphatic hydroxyl groups is 12. The molecule has 0 radical (unpaired) electrons. The highest BCUT2D eigenvalue weighted by Gasteiger charge is 2.69. The first-order valence-corrected chi connectivity index (χ1v) is 22.7. The summed E-state index contributed by atoms with van der Waals surface area (Å²) >= 11 is 0. The van der Waals surface area contributed by atoms with Gasteiger partial charge >= 0.3 is 5.97 Å². The molecule has 4 aliphatic carbocycles. The quantitative estimate of drug-likeness (QED) is 0.0545. The molecule has 0 amide bonds. The first-order valence-electron chi connectivity index (χ1n) is 22.7. The van der Waals surface area contributed by atoms with Crippen molar-refractivity contribution in [2.24, 2.45) is 28.1 Å². The van der Waals surface area contributed by atoms with Crippen LogP contribution in [0, 0.1) is 28.1 Å². The Labute approximate surface area is 370 Å². The fraction of sp³-hybridized carbons (Fsp3) is 0.930. The minimum absolute atomic E-state index is 0.0835. The van der Waals surface area contributed by atoms with Crippen LogP contribution >= 0.6 is 0 Å². The Kier molecular flexibility index (Phi) is 14.1. The lowest BCUT2D eigenvalue weighted by Gasteiger charge is -2.64. The fourth-order valence-corrected chi connectivity index (χ4v) is 13.2. The van der Waals surface area contributed by atoms with Crippen molar-refractivity contribution in [2.45, 2.75) is 194 Å². The Balaban J connectivity index is 1.05. The lowest BCUT2D eigenvalue weighted by molar-refractivity contribution is -0.392. The number of carbonyl (C=O) groups is 1. The number of rotatable bonds is 11. The summed E-state index contributed by atoms with van der Waals surface area (Å²) < 4.78 is 48.4. The second kappa shape index (κ2) is 18.4. The van der Waals surface area contributed by atoms with Gasteiger partial charge in [-0.15, -0.1) is 0 Å². The highest BCUT2D eigenvalue weighted by molar-refractivity contribution is 5.77. The van der Waals surface area contributed by atoms with Crippen molar-refractivity contribution in [3.8, 4) is 0 Å². The lowest BCUT2D eigenvalue weighted by Crippen LogP contribution is -2.67. The number of hydrogen-bond donors (Lipinski definition) is 12. The van der Waals surface area contributed by atoms with E-state index in [0.717, 1.165) is 12.0 Å². The molecule has 0 aromatic rings. The molecule has 8 fully saturated rings. The molecule has 4 aliphatic heterocycles. The van der Waals surface area contributed by atoms with Gasteiger partial charge in [-0.1, -0.05) is 19.9 Å². The Morgan fingerprint density at radius 3 is 1.89 bits per heavy atom. The average Bonchev–Trinajstić information content (AvgIpc) is 3.46. The van der Waals surface area contributed by atoms with Crippen molar-refractivity contribution in [3.63, 3.8) is 0 Å². The molecule has 366 valence electrons. The van der Waals surface area contributed by atoms with Crippen molar-refractivity contribution in [3.05, 3.63) is 12.2 Å². The van der Waals surface area contributed by atoms with E-state index in [0.29, 0.717) is 51.4 Å². The largest absolute Gasteiger partial charge is 0.432 e. The van der Waals surface area contributed by atoms with Gasteiger partial charge in [-0.05, 0) is 86.5 Å². The maximum absolute atomic E-state index is 14.3. The molecule has 24 atom stereocenters. The summed E-state index contributed by atoms with van der Waals surface area (Å²) in [5.74, 6) is -0.674. The van der Waals surface area contributed by atoms with Crippen LogP contribution < -0.4 is 0 Å². The first-order chi connectivity index (χ1) is 30.3. The van der Waals surface area contributed by atoms with Gasteiger partial charge in [0.2, 0.25) is 6.29 Å². The smallest absolute Gasteiger partial charge is 0.314 e. The van der Waals surface area contributed by atoms with Crippen LogP contribution in [0.25, 0.3) is 0 Å². The van der Waals surface area contributed by atoms with Crippen LogP contribution in [0.2, 0.25) is 0 Å². The number of hydrogen-bond acceptors (Lipinski definition) is 21. The Bertz CT molecular complexity index is 1670. The molecule has 0 aromatic heterocycles. The predicted octanol–water partition coefficient (Wildman–Crippen LogP) is -3.45. The van der Waals surface area contributed by atoms with Crippen molar-refractivity contribution < 1.29 is 104 Å². The highest BCUT2D eigenvalue weighted by atomic mass is 16.8. The molecule has 4 heterocycles. The summed E-state index contributed by atoms with van der Waals surface area (Å²) in [6, 6.07) is 0. The molecule has 2 bridgehead atoms. The standard InChI is InChI=1S/C43H68O21/c1-18-12-42-9-5-24-40(2,7-4-8-41(24,3)39(56)63-37-32(55)30(53)27(50)22(14-45)59-37)25(42)6-10-43(18,17-42)64-38-34(62-35-20(48)11-19(47)16-57-35)33(28(51)23(15-46)60-38)61-36-31(54)29(52)26(49)21(13-44)58-36/h19-38,44-55H,1,4-17H2,2-3H3/t19-,20+,21+,22+,23+,24-,25-,26+,27+,28+,29-,30-,31+,32+,33-,34+,35-,36-,37-,38-,40+,41+,42+,43-/m0/s1. The molecule has 0 unspecified atom stereocenters. The van der Waals surface area contributed by atoms with Crippen molar-refractivity contribution >= 4 is 5.97 Å². The molecule has 12 N–H and O–H groups in total. The van der Waals surface area contributed by atoms with Crippen molar-refractivity contribution in [1.82, 2.24) is 0 Å².